The van der Waals surface area contributed by atoms with Crippen LogP contribution in [0.2, 0.25) is 0 Å². The van der Waals surface area contributed by atoms with Crippen molar-refractivity contribution in [2.45, 2.75) is 5.41 Å². The Hall–Kier alpha value is -6.74. The summed E-state index contributed by atoms with van der Waals surface area (Å²) in [6.07, 6.45) is 0. The number of benzene rings is 9. The topological polar surface area (TPSA) is 3.24 Å². The molecule has 258 valence electrons. The van der Waals surface area contributed by atoms with Gasteiger partial charge in [0.05, 0.1) is 11.1 Å². The van der Waals surface area contributed by atoms with E-state index in [1.165, 1.54) is 75.5 Å². The van der Waals surface area contributed by atoms with Gasteiger partial charge in [-0.25, -0.2) is 0 Å². The second-order valence-electron chi connectivity index (χ2n) is 14.4. The number of nitrogens with zero attached hydrogens (tertiary/aromatic N) is 1. The normalized spacial score (nSPS) is 12.9. The average molecular weight is 718 g/mol. The first-order valence-corrected chi connectivity index (χ1v) is 19.7. The highest BCUT2D eigenvalue weighted by Crippen LogP contribution is 2.57. The molecule has 0 bridgehead atoms. The molecule has 2 heteroatoms. The lowest BCUT2D eigenvalue weighted by molar-refractivity contribution is 0.768. The van der Waals surface area contributed by atoms with Crippen molar-refractivity contribution in [3.05, 3.63) is 235 Å². The van der Waals surface area contributed by atoms with Crippen molar-refractivity contribution in [1.29, 1.82) is 0 Å². The minimum absolute atomic E-state index is 0.483. The third-order valence-electron chi connectivity index (χ3n) is 11.5. The Labute approximate surface area is 325 Å². The molecule has 1 aliphatic carbocycles. The first-order chi connectivity index (χ1) is 27.3. The molecule has 1 aliphatic rings. The molecule has 0 saturated carbocycles. The van der Waals surface area contributed by atoms with Crippen molar-refractivity contribution in [3.63, 3.8) is 0 Å². The summed E-state index contributed by atoms with van der Waals surface area (Å²) in [6.45, 7) is 0. The van der Waals surface area contributed by atoms with Gasteiger partial charge in [0.15, 0.2) is 0 Å². The van der Waals surface area contributed by atoms with Crippen LogP contribution in [0.4, 0.5) is 17.1 Å². The minimum Gasteiger partial charge on any atom is -0.310 e. The first kappa shape index (κ1) is 31.8. The van der Waals surface area contributed by atoms with Gasteiger partial charge in [0.2, 0.25) is 0 Å². The van der Waals surface area contributed by atoms with Crippen LogP contribution in [0.25, 0.3) is 53.2 Å². The van der Waals surface area contributed by atoms with Crippen molar-refractivity contribution < 1.29 is 0 Å². The molecule has 0 fully saturated rings. The highest BCUT2D eigenvalue weighted by molar-refractivity contribution is 7.25. The molecule has 0 N–H and O–H groups in total. The van der Waals surface area contributed by atoms with E-state index in [9.17, 15) is 0 Å². The van der Waals surface area contributed by atoms with Gasteiger partial charge in [-0.3, -0.25) is 0 Å². The molecular formula is C53H35NS. The van der Waals surface area contributed by atoms with Crippen molar-refractivity contribution in [3.8, 4) is 22.3 Å². The molecule has 1 heterocycles. The number of rotatable bonds is 6. The second kappa shape index (κ2) is 12.7. The molecule has 1 aromatic heterocycles. The number of anilines is 3. The van der Waals surface area contributed by atoms with Gasteiger partial charge in [-0.1, -0.05) is 164 Å². The van der Waals surface area contributed by atoms with Crippen LogP contribution in [0.15, 0.2) is 212 Å². The third-order valence-corrected chi connectivity index (χ3v) is 12.7. The fourth-order valence-corrected chi connectivity index (χ4v) is 10.2. The molecule has 0 saturated heterocycles. The van der Waals surface area contributed by atoms with E-state index < -0.39 is 5.41 Å². The predicted octanol–water partition coefficient (Wildman–Crippen LogP) is 14.7. The van der Waals surface area contributed by atoms with E-state index in [-0.39, 0.29) is 0 Å². The fourth-order valence-electron chi connectivity index (χ4n) is 9.11. The van der Waals surface area contributed by atoms with E-state index in [4.69, 9.17) is 0 Å². The number of thiophene rings is 1. The lowest BCUT2D eigenvalue weighted by atomic mass is 9.67. The first-order valence-electron chi connectivity index (χ1n) is 18.9. The van der Waals surface area contributed by atoms with Crippen molar-refractivity contribution in [1.82, 2.24) is 0 Å². The van der Waals surface area contributed by atoms with Crippen LogP contribution in [0.1, 0.15) is 22.3 Å². The summed E-state index contributed by atoms with van der Waals surface area (Å²) in [5.74, 6) is 0. The maximum atomic E-state index is 2.46. The average Bonchev–Trinajstić information content (AvgIpc) is 3.78. The maximum absolute atomic E-state index is 2.46. The molecule has 9 aromatic carbocycles. The molecule has 0 atom stereocenters. The zero-order chi connectivity index (χ0) is 36.3. The summed E-state index contributed by atoms with van der Waals surface area (Å²) in [6, 6.07) is 78.3. The lowest BCUT2D eigenvalue weighted by Gasteiger charge is -2.35. The summed E-state index contributed by atoms with van der Waals surface area (Å²) >= 11 is 1.86. The molecule has 0 radical (unpaired) electrons. The molecule has 0 amide bonds. The standard InChI is InChI=1S/C53H35NS/c1-3-16-39(17-4-1)53(40-18-5-2-6-19-40)48-23-11-9-21-44(48)45-32-31-42(35-49(45)53)54(50-24-13-15-37-14-7-8-20-43(37)50)41-29-26-36(27-30-41)38-28-33-52-47(34-38)46-22-10-12-25-51(46)55-52/h1-35H. The van der Waals surface area contributed by atoms with E-state index in [1.54, 1.807) is 0 Å². The van der Waals surface area contributed by atoms with Gasteiger partial charge in [0, 0.05) is 36.9 Å². The quantitative estimate of drug-likeness (QED) is 0.166. The highest BCUT2D eigenvalue weighted by atomic mass is 32.1. The van der Waals surface area contributed by atoms with Crippen molar-refractivity contribution >= 4 is 59.3 Å². The number of hydrogen-bond donors (Lipinski definition) is 0. The van der Waals surface area contributed by atoms with Gasteiger partial charge >= 0.3 is 0 Å². The van der Waals surface area contributed by atoms with Gasteiger partial charge in [-0.2, -0.15) is 0 Å². The van der Waals surface area contributed by atoms with Crippen molar-refractivity contribution in [2.75, 3.05) is 4.90 Å². The third kappa shape index (κ3) is 4.92. The van der Waals surface area contributed by atoms with Crippen LogP contribution in [0.5, 0.6) is 0 Å². The van der Waals surface area contributed by atoms with E-state index in [0.717, 1.165) is 17.1 Å². The lowest BCUT2D eigenvalue weighted by Crippen LogP contribution is -2.28. The van der Waals surface area contributed by atoms with E-state index in [1.807, 2.05) is 11.3 Å². The van der Waals surface area contributed by atoms with Crippen LogP contribution in [-0.2, 0) is 5.41 Å². The van der Waals surface area contributed by atoms with Crippen LogP contribution in [-0.4, -0.2) is 0 Å². The monoisotopic (exact) mass is 717 g/mol. The van der Waals surface area contributed by atoms with Gasteiger partial charge in [0.25, 0.3) is 0 Å². The molecule has 55 heavy (non-hydrogen) atoms. The molecule has 0 aliphatic heterocycles. The van der Waals surface area contributed by atoms with Gasteiger partial charge in [0.1, 0.15) is 0 Å². The van der Waals surface area contributed by atoms with Gasteiger partial charge in [-0.05, 0) is 98.4 Å². The summed E-state index contributed by atoms with van der Waals surface area (Å²) in [5, 5.41) is 5.07. The second-order valence-corrected chi connectivity index (χ2v) is 15.5. The fraction of sp³-hybridized carbons (Fsp3) is 0.0189. The maximum Gasteiger partial charge on any atom is 0.0714 e. The smallest absolute Gasteiger partial charge is 0.0714 e. The molecule has 1 nitrogen and oxygen atoms in total. The Balaban J connectivity index is 1.12. The van der Waals surface area contributed by atoms with E-state index in [2.05, 4.69) is 217 Å². The molecule has 11 rings (SSSR count). The predicted molar refractivity (Wildman–Crippen MR) is 234 cm³/mol. The number of fused-ring (bicyclic) bond motifs is 7. The van der Waals surface area contributed by atoms with Crippen LogP contribution in [0.3, 0.4) is 0 Å². The largest absolute Gasteiger partial charge is 0.310 e. The highest BCUT2D eigenvalue weighted by Gasteiger charge is 2.46. The Kier molecular flexibility index (Phi) is 7.33. The summed E-state index contributed by atoms with van der Waals surface area (Å²) in [4.78, 5) is 2.45. The summed E-state index contributed by atoms with van der Waals surface area (Å²) in [5.41, 5.74) is 13.0. The van der Waals surface area contributed by atoms with Crippen LogP contribution in [0, 0.1) is 0 Å². The van der Waals surface area contributed by atoms with Crippen LogP contribution < -0.4 is 4.90 Å². The van der Waals surface area contributed by atoms with Gasteiger partial charge < -0.3 is 4.90 Å². The van der Waals surface area contributed by atoms with Crippen LogP contribution >= 0.6 is 11.3 Å². The number of hydrogen-bond acceptors (Lipinski definition) is 2. The Morgan fingerprint density at radius 2 is 0.964 bits per heavy atom. The molecule has 0 spiro atoms. The zero-order valence-electron chi connectivity index (χ0n) is 30.1. The molecule has 0 unspecified atom stereocenters. The van der Waals surface area contributed by atoms with E-state index >= 15 is 0 Å². The summed E-state index contributed by atoms with van der Waals surface area (Å²) in [7, 11) is 0. The Bertz CT molecular complexity index is 2990. The minimum atomic E-state index is -0.483. The molecule has 10 aromatic rings. The van der Waals surface area contributed by atoms with Crippen molar-refractivity contribution in [2.24, 2.45) is 0 Å². The van der Waals surface area contributed by atoms with Gasteiger partial charge in [-0.15, -0.1) is 11.3 Å². The molecular weight excluding hydrogens is 683 g/mol. The zero-order valence-corrected chi connectivity index (χ0v) is 30.9. The Morgan fingerprint density at radius 3 is 1.76 bits per heavy atom. The SMILES string of the molecule is c1ccc(C2(c3ccccc3)c3ccccc3-c3ccc(N(c4ccc(-c5ccc6sc7ccccc7c6c5)cc4)c4cccc5ccccc45)cc32)cc1. The van der Waals surface area contributed by atoms with E-state index in [0.29, 0.717) is 0 Å². The Morgan fingerprint density at radius 1 is 0.364 bits per heavy atom. The summed E-state index contributed by atoms with van der Waals surface area (Å²) < 4.78 is 2.65.